The van der Waals surface area contributed by atoms with Gasteiger partial charge in [-0.05, 0) is 18.6 Å². The van der Waals surface area contributed by atoms with Gasteiger partial charge in [0, 0.05) is 19.4 Å². The number of carbonyl (C=O) groups is 1. The van der Waals surface area contributed by atoms with Crippen LogP contribution in [0.3, 0.4) is 0 Å². The molecular formula is C16H19NO3S. The lowest BCUT2D eigenvalue weighted by Crippen LogP contribution is -2.01. The summed E-state index contributed by atoms with van der Waals surface area (Å²) in [4.78, 5) is 16.8. The molecule has 0 saturated carbocycles. The Kier molecular flexibility index (Phi) is 5.33. The molecule has 1 heterocycles. The molecule has 0 aliphatic heterocycles. The Labute approximate surface area is 128 Å². The third kappa shape index (κ3) is 4.04. The van der Waals surface area contributed by atoms with Crippen molar-refractivity contribution in [2.75, 3.05) is 13.7 Å². The van der Waals surface area contributed by atoms with E-state index < -0.39 is 0 Å². The van der Waals surface area contributed by atoms with E-state index in [1.54, 1.807) is 14.0 Å². The van der Waals surface area contributed by atoms with Crippen LogP contribution in [0.4, 0.5) is 0 Å². The average molecular weight is 305 g/mol. The second-order valence-corrected chi connectivity index (χ2v) is 5.65. The van der Waals surface area contributed by atoms with Crippen LogP contribution in [-0.2, 0) is 12.8 Å². The number of hydrogen-bond donors (Lipinski definition) is 0. The van der Waals surface area contributed by atoms with Crippen molar-refractivity contribution in [1.29, 1.82) is 0 Å². The summed E-state index contributed by atoms with van der Waals surface area (Å²) in [5, 5.41) is 0.944. The van der Waals surface area contributed by atoms with Gasteiger partial charge in [0.2, 0.25) is 0 Å². The van der Waals surface area contributed by atoms with Gasteiger partial charge in [0.15, 0.2) is 5.78 Å². The van der Waals surface area contributed by atoms with E-state index in [2.05, 4.69) is 4.98 Å². The molecule has 0 atom stereocenters. The molecule has 2 rings (SSSR count). The number of rotatable bonds is 7. The van der Waals surface area contributed by atoms with E-state index in [0.29, 0.717) is 13.0 Å². The van der Waals surface area contributed by atoms with E-state index in [-0.39, 0.29) is 5.78 Å². The molecule has 0 aliphatic rings. The van der Waals surface area contributed by atoms with Crippen LogP contribution in [-0.4, -0.2) is 24.5 Å². The normalized spacial score (nSPS) is 10.4. The van der Waals surface area contributed by atoms with E-state index in [4.69, 9.17) is 9.47 Å². The van der Waals surface area contributed by atoms with Crippen molar-refractivity contribution in [3.8, 4) is 11.5 Å². The van der Waals surface area contributed by atoms with Gasteiger partial charge >= 0.3 is 0 Å². The molecule has 1 aromatic carbocycles. The number of hydrogen-bond acceptors (Lipinski definition) is 5. The minimum absolute atomic E-state index is 0.0873. The van der Waals surface area contributed by atoms with E-state index >= 15 is 0 Å². The first-order chi connectivity index (χ1) is 10.1. The van der Waals surface area contributed by atoms with Gasteiger partial charge in [-0.25, -0.2) is 4.98 Å². The Bertz CT molecular complexity index is 622. The zero-order valence-corrected chi connectivity index (χ0v) is 13.3. The number of benzene rings is 1. The Morgan fingerprint density at radius 3 is 2.71 bits per heavy atom. The van der Waals surface area contributed by atoms with Crippen molar-refractivity contribution in [1.82, 2.24) is 4.98 Å². The van der Waals surface area contributed by atoms with Crippen molar-refractivity contribution < 1.29 is 14.3 Å². The van der Waals surface area contributed by atoms with Crippen LogP contribution in [0.25, 0.3) is 0 Å². The van der Waals surface area contributed by atoms with Crippen LogP contribution < -0.4 is 9.47 Å². The highest BCUT2D eigenvalue weighted by molar-refractivity contribution is 7.13. The summed E-state index contributed by atoms with van der Waals surface area (Å²) in [7, 11) is 1.63. The summed E-state index contributed by atoms with van der Waals surface area (Å²) >= 11 is 1.47. The van der Waals surface area contributed by atoms with Gasteiger partial charge < -0.3 is 9.47 Å². The van der Waals surface area contributed by atoms with Crippen molar-refractivity contribution in [3.63, 3.8) is 0 Å². The molecule has 5 heteroatoms. The van der Waals surface area contributed by atoms with Crippen LogP contribution in [0.1, 0.15) is 34.2 Å². The average Bonchev–Trinajstić information content (AvgIpc) is 2.91. The highest BCUT2D eigenvalue weighted by atomic mass is 32.1. The summed E-state index contributed by atoms with van der Waals surface area (Å²) in [5.74, 6) is 1.63. The molecule has 0 unspecified atom stereocenters. The van der Waals surface area contributed by atoms with Crippen LogP contribution in [0.5, 0.6) is 11.5 Å². The van der Waals surface area contributed by atoms with Crippen molar-refractivity contribution in [2.45, 2.75) is 26.7 Å². The first-order valence-corrected chi connectivity index (χ1v) is 7.72. The fourth-order valence-corrected chi connectivity index (χ4v) is 3.00. The van der Waals surface area contributed by atoms with Gasteiger partial charge in [0.1, 0.15) is 11.5 Å². The topological polar surface area (TPSA) is 48.4 Å². The predicted octanol–water partition coefficient (Wildman–Crippen LogP) is 3.54. The van der Waals surface area contributed by atoms with Crippen molar-refractivity contribution in [2.24, 2.45) is 0 Å². The molecule has 1 aromatic heterocycles. The van der Waals surface area contributed by atoms with Gasteiger partial charge in [0.05, 0.1) is 29.3 Å². The molecule has 0 spiro atoms. The molecular weight excluding hydrogens is 286 g/mol. The standard InChI is InChI=1S/C16H19NO3S/c1-4-14-16(11(2)18)21-15(17-14)8-9-20-13-7-5-6-12(10-13)19-3/h5-7,10H,4,8-9H2,1-3H3. The van der Waals surface area contributed by atoms with E-state index in [1.165, 1.54) is 11.3 Å². The number of carbonyl (C=O) groups excluding carboxylic acids is 1. The predicted molar refractivity (Wildman–Crippen MR) is 83.7 cm³/mol. The number of thiazole rings is 1. The molecule has 0 amide bonds. The largest absolute Gasteiger partial charge is 0.497 e. The maximum absolute atomic E-state index is 11.5. The molecule has 0 radical (unpaired) electrons. The van der Waals surface area contributed by atoms with Crippen LogP contribution in [0.2, 0.25) is 0 Å². The number of Topliss-reactive ketones (excluding diaryl/α,β-unsaturated/α-hetero) is 1. The molecule has 0 N–H and O–H groups in total. The summed E-state index contributed by atoms with van der Waals surface area (Å²) < 4.78 is 10.8. The lowest BCUT2D eigenvalue weighted by Gasteiger charge is -2.06. The van der Waals surface area contributed by atoms with Gasteiger partial charge in [-0.2, -0.15) is 0 Å². The summed E-state index contributed by atoms with van der Waals surface area (Å²) in [6.45, 7) is 4.13. The molecule has 112 valence electrons. The second-order valence-electron chi connectivity index (χ2n) is 4.57. The first-order valence-electron chi connectivity index (χ1n) is 6.90. The maximum Gasteiger partial charge on any atom is 0.171 e. The first kappa shape index (κ1) is 15.5. The molecule has 21 heavy (non-hydrogen) atoms. The molecule has 2 aromatic rings. The number of aromatic nitrogens is 1. The molecule has 0 saturated heterocycles. The van der Waals surface area contributed by atoms with Crippen molar-refractivity contribution in [3.05, 3.63) is 39.8 Å². The lowest BCUT2D eigenvalue weighted by atomic mass is 10.2. The molecule has 0 aliphatic carbocycles. The SMILES string of the molecule is CCc1nc(CCOc2cccc(OC)c2)sc1C(C)=O. The van der Waals surface area contributed by atoms with Gasteiger partial charge in [-0.3, -0.25) is 4.79 Å². The number of nitrogens with zero attached hydrogens (tertiary/aromatic N) is 1. The number of aryl methyl sites for hydroxylation is 1. The van der Waals surface area contributed by atoms with Crippen LogP contribution in [0.15, 0.2) is 24.3 Å². The fraction of sp³-hybridized carbons (Fsp3) is 0.375. The Morgan fingerprint density at radius 1 is 1.33 bits per heavy atom. The molecule has 4 nitrogen and oxygen atoms in total. The third-order valence-corrected chi connectivity index (χ3v) is 4.28. The van der Waals surface area contributed by atoms with E-state index in [0.717, 1.165) is 33.5 Å². The third-order valence-electron chi connectivity index (χ3n) is 3.02. The molecule has 0 bridgehead atoms. The molecule has 0 fully saturated rings. The van der Waals surface area contributed by atoms with Gasteiger partial charge in [0.25, 0.3) is 0 Å². The second kappa shape index (κ2) is 7.22. The summed E-state index contributed by atoms with van der Waals surface area (Å²) in [5.41, 5.74) is 0.892. The van der Waals surface area contributed by atoms with Crippen molar-refractivity contribution >= 4 is 17.1 Å². The number of ether oxygens (including phenoxy) is 2. The van der Waals surface area contributed by atoms with Gasteiger partial charge in [-0.15, -0.1) is 11.3 Å². The number of methoxy groups -OCH3 is 1. The number of ketones is 1. The van der Waals surface area contributed by atoms with E-state index in [1.807, 2.05) is 31.2 Å². The highest BCUT2D eigenvalue weighted by Gasteiger charge is 2.13. The smallest absolute Gasteiger partial charge is 0.171 e. The maximum atomic E-state index is 11.5. The Hall–Kier alpha value is -1.88. The summed E-state index contributed by atoms with van der Waals surface area (Å²) in [6.07, 6.45) is 1.48. The monoisotopic (exact) mass is 305 g/mol. The minimum atomic E-state index is 0.0873. The quantitative estimate of drug-likeness (QED) is 0.734. The van der Waals surface area contributed by atoms with Crippen LogP contribution >= 0.6 is 11.3 Å². The highest BCUT2D eigenvalue weighted by Crippen LogP contribution is 2.22. The van der Waals surface area contributed by atoms with Gasteiger partial charge in [-0.1, -0.05) is 13.0 Å². The zero-order valence-electron chi connectivity index (χ0n) is 12.5. The summed E-state index contributed by atoms with van der Waals surface area (Å²) in [6, 6.07) is 7.50. The Morgan fingerprint density at radius 2 is 2.10 bits per heavy atom. The van der Waals surface area contributed by atoms with Crippen LogP contribution in [0, 0.1) is 0 Å². The minimum Gasteiger partial charge on any atom is -0.497 e. The fourth-order valence-electron chi connectivity index (χ4n) is 1.97. The zero-order chi connectivity index (χ0) is 15.2. The Balaban J connectivity index is 1.95. The lowest BCUT2D eigenvalue weighted by molar-refractivity contribution is 0.102. The van der Waals surface area contributed by atoms with E-state index in [9.17, 15) is 4.79 Å².